The molecule has 0 saturated carbocycles. The summed E-state index contributed by atoms with van der Waals surface area (Å²) in [5, 5.41) is 2.53. The number of nitrogens with zero attached hydrogens (tertiary/aromatic N) is 1. The quantitative estimate of drug-likeness (QED) is 0.927. The average molecular weight is 324 g/mol. The maximum atomic E-state index is 12.2. The molecule has 0 saturated heterocycles. The molecule has 2 aromatic carbocycles. The number of nitrogens with one attached hydrogen (secondary N) is 1. The minimum absolute atomic E-state index is 0.216. The zero-order valence-corrected chi connectivity index (χ0v) is 12.5. The third-order valence-corrected chi connectivity index (χ3v) is 2.97. The van der Waals surface area contributed by atoms with E-state index >= 15 is 0 Å². The normalized spacial score (nSPS) is 11.0. The lowest BCUT2D eigenvalue weighted by atomic mass is 10.2. The maximum Gasteiger partial charge on any atom is 0.573 e. The van der Waals surface area contributed by atoms with Gasteiger partial charge in [-0.05, 0) is 36.4 Å². The van der Waals surface area contributed by atoms with E-state index in [0.717, 1.165) is 17.8 Å². The molecule has 0 aliphatic carbocycles. The van der Waals surface area contributed by atoms with Crippen LogP contribution in [0, 0.1) is 0 Å². The molecule has 0 spiro atoms. The molecule has 1 amide bonds. The molecular weight excluding hydrogens is 309 g/mol. The summed E-state index contributed by atoms with van der Waals surface area (Å²) < 4.78 is 40.4. The number of anilines is 2. The molecule has 0 bridgehead atoms. The summed E-state index contributed by atoms with van der Waals surface area (Å²) in [6, 6.07) is 12.0. The molecule has 0 radical (unpaired) electrons. The van der Waals surface area contributed by atoms with Crippen LogP contribution in [-0.2, 0) is 0 Å². The second kappa shape index (κ2) is 6.60. The fraction of sp³-hybridized carbons (Fsp3) is 0.188. The van der Waals surface area contributed by atoms with Crippen molar-refractivity contribution in [2.24, 2.45) is 0 Å². The van der Waals surface area contributed by atoms with Crippen LogP contribution in [0.15, 0.2) is 48.5 Å². The van der Waals surface area contributed by atoms with Crippen LogP contribution in [0.3, 0.4) is 0 Å². The number of ether oxygens (including phenoxy) is 1. The van der Waals surface area contributed by atoms with Crippen molar-refractivity contribution < 1.29 is 22.7 Å². The largest absolute Gasteiger partial charge is 0.573 e. The number of carbonyl (C=O) groups excluding carboxylic acids is 1. The Labute approximate surface area is 131 Å². The van der Waals surface area contributed by atoms with E-state index < -0.39 is 18.0 Å². The molecule has 2 aromatic rings. The van der Waals surface area contributed by atoms with E-state index in [0.29, 0.717) is 5.56 Å². The Morgan fingerprint density at radius 1 is 1.09 bits per heavy atom. The van der Waals surface area contributed by atoms with Crippen LogP contribution < -0.4 is 15.0 Å². The monoisotopic (exact) mass is 324 g/mol. The Balaban J connectivity index is 2.09. The highest BCUT2D eigenvalue weighted by Crippen LogP contribution is 2.25. The smallest absolute Gasteiger partial charge is 0.406 e. The second-order valence-corrected chi connectivity index (χ2v) is 4.97. The third kappa shape index (κ3) is 4.91. The van der Waals surface area contributed by atoms with Gasteiger partial charge in [0.1, 0.15) is 5.75 Å². The van der Waals surface area contributed by atoms with Crippen LogP contribution in [0.5, 0.6) is 5.75 Å². The van der Waals surface area contributed by atoms with Crippen molar-refractivity contribution in [2.75, 3.05) is 24.3 Å². The number of carbonyl (C=O) groups is 1. The van der Waals surface area contributed by atoms with Crippen molar-refractivity contribution in [1.29, 1.82) is 0 Å². The second-order valence-electron chi connectivity index (χ2n) is 4.97. The third-order valence-electron chi connectivity index (χ3n) is 2.97. The summed E-state index contributed by atoms with van der Waals surface area (Å²) in [6.07, 6.45) is -4.77. The van der Waals surface area contributed by atoms with Crippen LogP contribution in [-0.4, -0.2) is 26.4 Å². The van der Waals surface area contributed by atoms with Crippen molar-refractivity contribution in [2.45, 2.75) is 6.36 Å². The van der Waals surface area contributed by atoms with Crippen LogP contribution in [0.4, 0.5) is 24.5 Å². The molecular formula is C16H15F3N2O2. The molecule has 0 aliphatic heterocycles. The van der Waals surface area contributed by atoms with Crippen molar-refractivity contribution in [3.05, 3.63) is 54.1 Å². The summed E-state index contributed by atoms with van der Waals surface area (Å²) >= 11 is 0. The molecule has 0 atom stereocenters. The van der Waals surface area contributed by atoms with Gasteiger partial charge in [0.25, 0.3) is 5.91 Å². The molecule has 0 unspecified atom stereocenters. The van der Waals surface area contributed by atoms with E-state index in [1.54, 1.807) is 24.3 Å². The highest BCUT2D eigenvalue weighted by molar-refractivity contribution is 6.04. The number of hydrogen-bond donors (Lipinski definition) is 1. The Kier molecular flexibility index (Phi) is 4.78. The summed E-state index contributed by atoms with van der Waals surface area (Å²) in [5.74, 6) is -0.808. The van der Waals surface area contributed by atoms with Gasteiger partial charge in [0.2, 0.25) is 0 Å². The SMILES string of the molecule is CN(C)c1ccc(C(=O)Nc2cccc(OC(F)(F)F)c2)cc1. The number of halogens is 3. The number of alkyl halides is 3. The minimum atomic E-state index is -4.77. The first kappa shape index (κ1) is 16.7. The molecule has 23 heavy (non-hydrogen) atoms. The van der Waals surface area contributed by atoms with Gasteiger partial charge in [0, 0.05) is 37.1 Å². The van der Waals surface area contributed by atoms with Gasteiger partial charge in [0.05, 0.1) is 0 Å². The minimum Gasteiger partial charge on any atom is -0.406 e. The first-order valence-corrected chi connectivity index (χ1v) is 6.69. The molecule has 0 fully saturated rings. The number of rotatable bonds is 4. The Bertz CT molecular complexity index is 682. The van der Waals surface area contributed by atoms with Gasteiger partial charge in [-0.25, -0.2) is 0 Å². The van der Waals surface area contributed by atoms with E-state index in [4.69, 9.17) is 0 Å². The van der Waals surface area contributed by atoms with Crippen molar-refractivity contribution in [1.82, 2.24) is 0 Å². The van der Waals surface area contributed by atoms with Gasteiger partial charge in [-0.3, -0.25) is 4.79 Å². The fourth-order valence-electron chi connectivity index (χ4n) is 1.89. The van der Waals surface area contributed by atoms with Crippen LogP contribution in [0.1, 0.15) is 10.4 Å². The number of hydrogen-bond acceptors (Lipinski definition) is 3. The molecule has 0 aliphatic rings. The lowest BCUT2D eigenvalue weighted by Gasteiger charge is -2.13. The van der Waals surface area contributed by atoms with Gasteiger partial charge in [-0.15, -0.1) is 13.2 Å². The Morgan fingerprint density at radius 3 is 2.30 bits per heavy atom. The summed E-state index contributed by atoms with van der Waals surface area (Å²) in [4.78, 5) is 14.0. The predicted molar refractivity (Wildman–Crippen MR) is 81.8 cm³/mol. The van der Waals surface area contributed by atoms with E-state index in [1.165, 1.54) is 12.1 Å². The van der Waals surface area contributed by atoms with Gasteiger partial charge < -0.3 is 15.0 Å². The van der Waals surface area contributed by atoms with E-state index in [2.05, 4.69) is 10.1 Å². The number of benzene rings is 2. The van der Waals surface area contributed by atoms with Gasteiger partial charge >= 0.3 is 6.36 Å². The lowest BCUT2D eigenvalue weighted by molar-refractivity contribution is -0.274. The van der Waals surface area contributed by atoms with E-state index in [9.17, 15) is 18.0 Å². The van der Waals surface area contributed by atoms with Crippen molar-refractivity contribution >= 4 is 17.3 Å². The molecule has 122 valence electrons. The van der Waals surface area contributed by atoms with Crippen molar-refractivity contribution in [3.63, 3.8) is 0 Å². The lowest BCUT2D eigenvalue weighted by Crippen LogP contribution is -2.17. The van der Waals surface area contributed by atoms with E-state index in [1.807, 2.05) is 19.0 Å². The molecule has 4 nitrogen and oxygen atoms in total. The molecule has 1 N–H and O–H groups in total. The van der Waals surface area contributed by atoms with Crippen LogP contribution in [0.2, 0.25) is 0 Å². The highest BCUT2D eigenvalue weighted by atomic mass is 19.4. The van der Waals surface area contributed by atoms with Gasteiger partial charge in [0.15, 0.2) is 0 Å². The zero-order valence-electron chi connectivity index (χ0n) is 12.5. The molecule has 0 aromatic heterocycles. The summed E-state index contributed by atoms with van der Waals surface area (Å²) in [5.41, 5.74) is 1.55. The number of amides is 1. The Morgan fingerprint density at radius 2 is 1.74 bits per heavy atom. The van der Waals surface area contributed by atoms with Crippen LogP contribution in [0.25, 0.3) is 0 Å². The van der Waals surface area contributed by atoms with Crippen molar-refractivity contribution in [3.8, 4) is 5.75 Å². The first-order chi connectivity index (χ1) is 10.7. The zero-order chi connectivity index (χ0) is 17.0. The first-order valence-electron chi connectivity index (χ1n) is 6.69. The average Bonchev–Trinajstić information content (AvgIpc) is 2.46. The standard InChI is InChI=1S/C16H15F3N2O2/c1-21(2)13-8-6-11(7-9-13)15(22)20-12-4-3-5-14(10-12)23-16(17,18)19/h3-10H,1-2H3,(H,20,22). The molecule has 0 heterocycles. The predicted octanol–water partition coefficient (Wildman–Crippen LogP) is 3.90. The Hall–Kier alpha value is -2.70. The molecule has 2 rings (SSSR count). The summed E-state index contributed by atoms with van der Waals surface area (Å²) in [7, 11) is 3.75. The van der Waals surface area contributed by atoms with E-state index in [-0.39, 0.29) is 5.69 Å². The van der Waals surface area contributed by atoms with Gasteiger partial charge in [-0.2, -0.15) is 0 Å². The van der Waals surface area contributed by atoms with Crippen LogP contribution >= 0.6 is 0 Å². The highest BCUT2D eigenvalue weighted by Gasteiger charge is 2.31. The fourth-order valence-corrected chi connectivity index (χ4v) is 1.89. The molecule has 7 heteroatoms. The summed E-state index contributed by atoms with van der Waals surface area (Å²) in [6.45, 7) is 0. The van der Waals surface area contributed by atoms with Gasteiger partial charge in [-0.1, -0.05) is 6.07 Å². The maximum absolute atomic E-state index is 12.2. The topological polar surface area (TPSA) is 41.6 Å².